The van der Waals surface area contributed by atoms with E-state index in [9.17, 15) is 0 Å². The van der Waals surface area contributed by atoms with Crippen LogP contribution in [-0.2, 0) is 0 Å². The summed E-state index contributed by atoms with van der Waals surface area (Å²) in [5, 5.41) is 5.04. The highest BCUT2D eigenvalue weighted by molar-refractivity contribution is 7.07. The summed E-state index contributed by atoms with van der Waals surface area (Å²) in [6, 6.07) is 0. The third kappa shape index (κ3) is 2.08. The Balaban J connectivity index is 2.23. The summed E-state index contributed by atoms with van der Waals surface area (Å²) in [5.74, 6) is 3.46. The van der Waals surface area contributed by atoms with Gasteiger partial charge in [-0.15, -0.1) is 23.7 Å². The van der Waals surface area contributed by atoms with Crippen LogP contribution >= 0.6 is 11.3 Å². The summed E-state index contributed by atoms with van der Waals surface area (Å²) in [5.41, 5.74) is 1.79. The molecule has 1 aromatic rings. The van der Waals surface area contributed by atoms with Crippen molar-refractivity contribution in [1.82, 2.24) is 4.98 Å². The highest BCUT2D eigenvalue weighted by Gasteiger charge is 1.88. The average Bonchev–Trinajstić information content (AvgIpc) is 2.41. The van der Waals surface area contributed by atoms with Gasteiger partial charge in [0.2, 0.25) is 0 Å². The van der Waals surface area contributed by atoms with Crippen molar-refractivity contribution in [2.75, 3.05) is 11.9 Å². The summed E-state index contributed by atoms with van der Waals surface area (Å²) in [6.07, 6.45) is 5.81. The summed E-state index contributed by atoms with van der Waals surface area (Å²) in [4.78, 5) is 4.03. The molecular formula is C7H8N2S. The molecule has 3 heteroatoms. The number of thiazole rings is 1. The lowest BCUT2D eigenvalue weighted by Crippen LogP contribution is -1.99. The molecule has 0 unspecified atom stereocenters. The summed E-state index contributed by atoms with van der Waals surface area (Å²) < 4.78 is 0. The highest BCUT2D eigenvalue weighted by Crippen LogP contribution is 2.05. The molecule has 0 saturated heterocycles. The number of aromatic nitrogens is 1. The smallest absolute Gasteiger partial charge is 0.136 e. The van der Waals surface area contributed by atoms with Crippen LogP contribution in [0.2, 0.25) is 0 Å². The van der Waals surface area contributed by atoms with Gasteiger partial charge in [0.05, 0.1) is 5.51 Å². The van der Waals surface area contributed by atoms with Crippen molar-refractivity contribution < 1.29 is 0 Å². The van der Waals surface area contributed by atoms with Crippen LogP contribution in [0.1, 0.15) is 6.42 Å². The molecule has 0 fully saturated rings. The number of nitrogens with zero attached hydrogens (tertiary/aromatic N) is 1. The third-order valence-corrected chi connectivity index (χ3v) is 1.59. The Morgan fingerprint density at radius 1 is 1.80 bits per heavy atom. The van der Waals surface area contributed by atoms with Crippen LogP contribution in [0.15, 0.2) is 10.9 Å². The first-order valence-corrected chi connectivity index (χ1v) is 3.93. The number of hydrogen-bond acceptors (Lipinski definition) is 3. The van der Waals surface area contributed by atoms with Gasteiger partial charge in [-0.3, -0.25) is 0 Å². The van der Waals surface area contributed by atoms with Crippen LogP contribution in [0.4, 0.5) is 5.82 Å². The van der Waals surface area contributed by atoms with Gasteiger partial charge in [-0.1, -0.05) is 0 Å². The predicted molar refractivity (Wildman–Crippen MR) is 44.1 cm³/mol. The van der Waals surface area contributed by atoms with E-state index in [1.54, 1.807) is 16.8 Å². The molecule has 2 nitrogen and oxygen atoms in total. The first-order valence-electron chi connectivity index (χ1n) is 2.99. The van der Waals surface area contributed by atoms with E-state index < -0.39 is 0 Å². The molecule has 0 bridgehead atoms. The molecule has 0 saturated carbocycles. The molecule has 0 radical (unpaired) electrons. The second-order valence-electron chi connectivity index (χ2n) is 1.75. The maximum absolute atomic E-state index is 5.06. The molecule has 1 heterocycles. The number of anilines is 1. The van der Waals surface area contributed by atoms with Crippen LogP contribution in [0, 0.1) is 12.3 Å². The Morgan fingerprint density at radius 3 is 3.30 bits per heavy atom. The first-order chi connectivity index (χ1) is 4.93. The fraction of sp³-hybridized carbons (Fsp3) is 0.286. The van der Waals surface area contributed by atoms with Crippen molar-refractivity contribution >= 4 is 17.2 Å². The molecule has 0 aliphatic carbocycles. The summed E-state index contributed by atoms with van der Waals surface area (Å²) in [7, 11) is 0. The van der Waals surface area contributed by atoms with E-state index in [2.05, 4.69) is 16.2 Å². The first kappa shape index (κ1) is 7.10. The lowest BCUT2D eigenvalue weighted by Gasteiger charge is -1.95. The predicted octanol–water partition coefficient (Wildman–Crippen LogP) is 1.58. The molecule has 0 aromatic carbocycles. The van der Waals surface area contributed by atoms with E-state index in [4.69, 9.17) is 6.42 Å². The standard InChI is InChI=1S/C7H8N2S/c1-2-3-4-8-7-5-10-6-9-7/h1,5-6,8H,3-4H2. The zero-order valence-electron chi connectivity index (χ0n) is 5.50. The number of hydrogen-bond donors (Lipinski definition) is 1. The second-order valence-corrected chi connectivity index (χ2v) is 2.47. The van der Waals surface area contributed by atoms with Crippen LogP contribution < -0.4 is 5.32 Å². The van der Waals surface area contributed by atoms with Gasteiger partial charge in [0, 0.05) is 18.3 Å². The maximum Gasteiger partial charge on any atom is 0.136 e. The van der Waals surface area contributed by atoms with E-state index >= 15 is 0 Å². The normalized spacial score (nSPS) is 8.70. The van der Waals surface area contributed by atoms with Gasteiger partial charge in [0.15, 0.2) is 0 Å². The number of rotatable bonds is 3. The topological polar surface area (TPSA) is 24.9 Å². The van der Waals surface area contributed by atoms with Crippen LogP contribution in [0.5, 0.6) is 0 Å². The highest BCUT2D eigenvalue weighted by atomic mass is 32.1. The summed E-state index contributed by atoms with van der Waals surface area (Å²) >= 11 is 1.57. The zero-order valence-corrected chi connectivity index (χ0v) is 6.32. The Morgan fingerprint density at radius 2 is 2.70 bits per heavy atom. The molecule has 1 N–H and O–H groups in total. The lowest BCUT2D eigenvalue weighted by atomic mass is 10.4. The van der Waals surface area contributed by atoms with Crippen molar-refractivity contribution in [3.63, 3.8) is 0 Å². The molecule has 1 aromatic heterocycles. The fourth-order valence-corrected chi connectivity index (χ4v) is 1.07. The Labute approximate surface area is 64.3 Å². The molecular weight excluding hydrogens is 144 g/mol. The second kappa shape index (κ2) is 3.91. The van der Waals surface area contributed by atoms with E-state index in [1.807, 2.05) is 5.38 Å². The van der Waals surface area contributed by atoms with Gasteiger partial charge >= 0.3 is 0 Å². The summed E-state index contributed by atoms with van der Waals surface area (Å²) in [6.45, 7) is 0.806. The monoisotopic (exact) mass is 152 g/mol. The zero-order chi connectivity index (χ0) is 7.23. The maximum atomic E-state index is 5.06. The minimum absolute atomic E-state index is 0.748. The van der Waals surface area contributed by atoms with Crippen LogP contribution in [-0.4, -0.2) is 11.5 Å². The number of terminal acetylenes is 1. The van der Waals surface area contributed by atoms with Gasteiger partial charge in [0.1, 0.15) is 5.82 Å². The van der Waals surface area contributed by atoms with Gasteiger partial charge in [-0.25, -0.2) is 4.98 Å². The van der Waals surface area contributed by atoms with E-state index in [0.717, 1.165) is 18.8 Å². The molecule has 10 heavy (non-hydrogen) atoms. The Bertz CT molecular complexity index is 210. The fourth-order valence-electron chi connectivity index (χ4n) is 0.563. The quantitative estimate of drug-likeness (QED) is 0.525. The average molecular weight is 152 g/mol. The number of nitrogens with one attached hydrogen (secondary N) is 1. The van der Waals surface area contributed by atoms with Crippen molar-refractivity contribution in [3.8, 4) is 12.3 Å². The van der Waals surface area contributed by atoms with Gasteiger partial charge in [-0.2, -0.15) is 0 Å². The molecule has 0 spiro atoms. The molecule has 1 rings (SSSR count). The molecule has 0 amide bonds. The van der Waals surface area contributed by atoms with E-state index in [-0.39, 0.29) is 0 Å². The molecule has 0 atom stereocenters. The largest absolute Gasteiger partial charge is 0.368 e. The molecule has 0 aliphatic heterocycles. The minimum atomic E-state index is 0.748. The minimum Gasteiger partial charge on any atom is -0.368 e. The Kier molecular flexibility index (Phi) is 2.78. The van der Waals surface area contributed by atoms with Gasteiger partial charge < -0.3 is 5.32 Å². The van der Waals surface area contributed by atoms with Gasteiger partial charge in [-0.05, 0) is 0 Å². The van der Waals surface area contributed by atoms with Crippen molar-refractivity contribution in [3.05, 3.63) is 10.9 Å². The Hall–Kier alpha value is -1.01. The van der Waals surface area contributed by atoms with Crippen LogP contribution in [0.25, 0.3) is 0 Å². The van der Waals surface area contributed by atoms with Crippen molar-refractivity contribution in [1.29, 1.82) is 0 Å². The SMILES string of the molecule is C#CCCNc1cscn1. The van der Waals surface area contributed by atoms with Gasteiger partial charge in [0.25, 0.3) is 0 Å². The molecule has 0 aliphatic rings. The van der Waals surface area contributed by atoms with Crippen molar-refractivity contribution in [2.24, 2.45) is 0 Å². The molecule has 52 valence electrons. The van der Waals surface area contributed by atoms with Crippen molar-refractivity contribution in [2.45, 2.75) is 6.42 Å². The lowest BCUT2D eigenvalue weighted by molar-refractivity contribution is 1.08. The van der Waals surface area contributed by atoms with E-state index in [0.29, 0.717) is 0 Å². The van der Waals surface area contributed by atoms with E-state index in [1.165, 1.54) is 0 Å². The van der Waals surface area contributed by atoms with Crippen LogP contribution in [0.3, 0.4) is 0 Å². The third-order valence-electron chi connectivity index (χ3n) is 1.01.